The maximum absolute atomic E-state index is 12.4. The van der Waals surface area contributed by atoms with E-state index in [0.717, 1.165) is 22.2 Å². The predicted octanol–water partition coefficient (Wildman–Crippen LogP) is 4.84. The van der Waals surface area contributed by atoms with Gasteiger partial charge in [-0.15, -0.1) is 0 Å². The molecule has 0 aliphatic rings. The average molecular weight is 322 g/mol. The summed E-state index contributed by atoms with van der Waals surface area (Å²) in [6.45, 7) is 7.89. The number of pyridine rings is 1. The summed E-state index contributed by atoms with van der Waals surface area (Å²) in [7, 11) is 0. The van der Waals surface area contributed by atoms with Gasteiger partial charge in [-0.05, 0) is 43.2 Å². The molecule has 0 aliphatic carbocycles. The van der Waals surface area contributed by atoms with Crippen molar-refractivity contribution in [1.29, 1.82) is 0 Å². The lowest BCUT2D eigenvalue weighted by Gasteiger charge is -2.11. The highest BCUT2D eigenvalue weighted by Gasteiger charge is 2.15. The van der Waals surface area contributed by atoms with Gasteiger partial charge in [-0.2, -0.15) is 0 Å². The first kappa shape index (κ1) is 17.5. The van der Waals surface area contributed by atoms with Crippen LogP contribution in [0.15, 0.2) is 48.7 Å². The Morgan fingerprint density at radius 2 is 1.83 bits per heavy atom. The minimum absolute atomic E-state index is 0.0964. The molecule has 0 bridgehead atoms. The minimum Gasteiger partial charge on any atom is -0.505 e. The van der Waals surface area contributed by atoms with Gasteiger partial charge < -0.3 is 10.4 Å². The van der Waals surface area contributed by atoms with Gasteiger partial charge in [0.25, 0.3) is 5.91 Å². The van der Waals surface area contributed by atoms with E-state index in [2.05, 4.69) is 10.3 Å². The van der Waals surface area contributed by atoms with Crippen LogP contribution in [-0.2, 0) is 0 Å². The fraction of sp³-hybridized carbons (Fsp3) is 0.200. The Hall–Kier alpha value is -2.88. The summed E-state index contributed by atoms with van der Waals surface area (Å²) in [5, 5.41) is 13.9. The number of fused-ring (bicyclic) bond motifs is 1. The highest BCUT2D eigenvalue weighted by Crippen LogP contribution is 2.28. The van der Waals surface area contributed by atoms with E-state index in [1.807, 2.05) is 52.0 Å². The second-order valence-electron chi connectivity index (χ2n) is 5.31. The number of phenolic OH excluding ortho intramolecular Hbond substituents is 1. The number of hydrogen-bond acceptors (Lipinski definition) is 3. The largest absolute Gasteiger partial charge is 0.505 e. The van der Waals surface area contributed by atoms with Crippen LogP contribution < -0.4 is 5.32 Å². The van der Waals surface area contributed by atoms with Gasteiger partial charge in [-0.3, -0.25) is 9.78 Å². The van der Waals surface area contributed by atoms with E-state index < -0.39 is 0 Å². The fourth-order valence-corrected chi connectivity index (χ4v) is 2.37. The highest BCUT2D eigenvalue weighted by molar-refractivity contribution is 6.09. The summed E-state index contributed by atoms with van der Waals surface area (Å²) in [5.74, 6) is -0.445. The Morgan fingerprint density at radius 1 is 1.08 bits per heavy atom. The molecular formula is C20H22N2O2. The van der Waals surface area contributed by atoms with Crippen LogP contribution in [0, 0.1) is 13.8 Å². The van der Waals surface area contributed by atoms with Crippen LogP contribution >= 0.6 is 0 Å². The molecule has 0 saturated carbocycles. The molecule has 0 spiro atoms. The summed E-state index contributed by atoms with van der Waals surface area (Å²) in [6.07, 6.45) is 1.59. The molecule has 0 saturated heterocycles. The summed E-state index contributed by atoms with van der Waals surface area (Å²) >= 11 is 0. The summed E-state index contributed by atoms with van der Waals surface area (Å²) < 4.78 is 0. The van der Waals surface area contributed by atoms with Crippen molar-refractivity contribution in [2.24, 2.45) is 0 Å². The number of aryl methyl sites for hydroxylation is 2. The molecule has 1 heterocycles. The molecule has 3 aromatic rings. The summed E-state index contributed by atoms with van der Waals surface area (Å²) in [5.41, 5.74) is 3.41. The van der Waals surface area contributed by atoms with E-state index in [9.17, 15) is 9.90 Å². The third-order valence-corrected chi connectivity index (χ3v) is 3.63. The van der Waals surface area contributed by atoms with Gasteiger partial charge in [0.05, 0.1) is 5.56 Å². The maximum Gasteiger partial charge on any atom is 0.259 e. The molecule has 124 valence electrons. The standard InChI is InChI=1S/C18H16N2O2.C2H6/c1-11-5-6-12(2)15(10-11)20-18(22)14-8-7-13-4-3-9-19-16(13)17(14)21;1-2/h3-10,21H,1-2H3,(H,20,22);1-2H3. The fourth-order valence-electron chi connectivity index (χ4n) is 2.37. The van der Waals surface area contributed by atoms with Gasteiger partial charge in [0.1, 0.15) is 5.52 Å². The van der Waals surface area contributed by atoms with Crippen LogP contribution in [0.25, 0.3) is 10.9 Å². The number of nitrogens with zero attached hydrogens (tertiary/aromatic N) is 1. The maximum atomic E-state index is 12.4. The molecule has 0 fully saturated rings. The highest BCUT2D eigenvalue weighted by atomic mass is 16.3. The molecule has 2 aromatic carbocycles. The quantitative estimate of drug-likeness (QED) is 0.710. The second kappa shape index (κ2) is 7.59. The Kier molecular flexibility index (Phi) is 5.53. The normalized spacial score (nSPS) is 10.0. The zero-order valence-electron chi connectivity index (χ0n) is 14.4. The minimum atomic E-state index is -0.348. The third-order valence-electron chi connectivity index (χ3n) is 3.63. The number of amides is 1. The molecule has 2 N–H and O–H groups in total. The SMILES string of the molecule is CC.Cc1ccc(C)c(NC(=O)c2ccc3cccnc3c2O)c1. The van der Waals surface area contributed by atoms with Crippen molar-refractivity contribution in [2.45, 2.75) is 27.7 Å². The zero-order valence-corrected chi connectivity index (χ0v) is 14.4. The van der Waals surface area contributed by atoms with Gasteiger partial charge in [0.2, 0.25) is 0 Å². The molecular weight excluding hydrogens is 300 g/mol. The van der Waals surface area contributed by atoms with E-state index in [1.54, 1.807) is 24.4 Å². The lowest BCUT2D eigenvalue weighted by atomic mass is 10.1. The number of carbonyl (C=O) groups excluding carboxylic acids is 1. The number of phenols is 1. The lowest BCUT2D eigenvalue weighted by Crippen LogP contribution is -2.13. The van der Waals surface area contributed by atoms with Crippen LogP contribution in [0.1, 0.15) is 35.3 Å². The van der Waals surface area contributed by atoms with Crippen molar-refractivity contribution in [3.63, 3.8) is 0 Å². The summed E-state index contributed by atoms with van der Waals surface area (Å²) in [4.78, 5) is 16.6. The number of nitrogens with one attached hydrogen (secondary N) is 1. The van der Waals surface area contributed by atoms with Crippen LogP contribution in [0.4, 0.5) is 5.69 Å². The van der Waals surface area contributed by atoms with Gasteiger partial charge in [0, 0.05) is 17.3 Å². The Labute approximate surface area is 142 Å². The molecule has 1 aromatic heterocycles. The number of carbonyl (C=O) groups is 1. The molecule has 1 amide bonds. The van der Waals surface area contributed by atoms with E-state index in [0.29, 0.717) is 5.52 Å². The molecule has 0 unspecified atom stereocenters. The predicted molar refractivity (Wildman–Crippen MR) is 98.6 cm³/mol. The van der Waals surface area contributed by atoms with Crippen LogP contribution in [-0.4, -0.2) is 16.0 Å². The van der Waals surface area contributed by atoms with Gasteiger partial charge in [-0.1, -0.05) is 38.1 Å². The third kappa shape index (κ3) is 3.54. The van der Waals surface area contributed by atoms with E-state index in [-0.39, 0.29) is 17.2 Å². The number of anilines is 1. The molecule has 4 heteroatoms. The topological polar surface area (TPSA) is 62.2 Å². The average Bonchev–Trinajstić information content (AvgIpc) is 2.60. The van der Waals surface area contributed by atoms with Crippen molar-refractivity contribution < 1.29 is 9.90 Å². The smallest absolute Gasteiger partial charge is 0.259 e. The Morgan fingerprint density at radius 3 is 2.58 bits per heavy atom. The molecule has 0 radical (unpaired) electrons. The van der Waals surface area contributed by atoms with Gasteiger partial charge >= 0.3 is 0 Å². The first-order chi connectivity index (χ1) is 11.6. The number of aromatic hydroxyl groups is 1. The number of hydrogen-bond donors (Lipinski definition) is 2. The molecule has 24 heavy (non-hydrogen) atoms. The molecule has 4 nitrogen and oxygen atoms in total. The molecule has 0 atom stereocenters. The van der Waals surface area contributed by atoms with Crippen LogP contribution in [0.2, 0.25) is 0 Å². The van der Waals surface area contributed by atoms with Crippen molar-refractivity contribution in [3.05, 3.63) is 65.4 Å². The number of benzene rings is 2. The van der Waals surface area contributed by atoms with Gasteiger partial charge in [0.15, 0.2) is 5.75 Å². The number of rotatable bonds is 2. The van der Waals surface area contributed by atoms with Crippen molar-refractivity contribution >= 4 is 22.5 Å². The first-order valence-electron chi connectivity index (χ1n) is 8.01. The Bertz CT molecular complexity index is 873. The monoisotopic (exact) mass is 322 g/mol. The van der Waals surface area contributed by atoms with Crippen molar-refractivity contribution in [3.8, 4) is 5.75 Å². The van der Waals surface area contributed by atoms with Crippen molar-refractivity contribution in [2.75, 3.05) is 5.32 Å². The van der Waals surface area contributed by atoms with Gasteiger partial charge in [-0.25, -0.2) is 0 Å². The molecule has 0 aliphatic heterocycles. The Balaban J connectivity index is 0.00000100. The first-order valence-corrected chi connectivity index (χ1v) is 8.01. The van der Waals surface area contributed by atoms with Crippen LogP contribution in [0.3, 0.4) is 0 Å². The molecule has 3 rings (SSSR count). The summed E-state index contributed by atoms with van der Waals surface area (Å²) in [6, 6.07) is 12.9. The van der Waals surface area contributed by atoms with Crippen LogP contribution in [0.5, 0.6) is 5.75 Å². The van der Waals surface area contributed by atoms with E-state index >= 15 is 0 Å². The lowest BCUT2D eigenvalue weighted by molar-refractivity contribution is 0.102. The second-order valence-corrected chi connectivity index (χ2v) is 5.31. The number of aromatic nitrogens is 1. The van der Waals surface area contributed by atoms with Crippen molar-refractivity contribution in [1.82, 2.24) is 4.98 Å². The van der Waals surface area contributed by atoms with E-state index in [4.69, 9.17) is 0 Å². The van der Waals surface area contributed by atoms with E-state index in [1.165, 1.54) is 0 Å². The zero-order chi connectivity index (χ0) is 17.7.